The Balaban J connectivity index is 1.24. The summed E-state index contributed by atoms with van der Waals surface area (Å²) in [6.45, 7) is 0.118. The maximum Gasteiger partial charge on any atom is 0.387 e. The highest BCUT2D eigenvalue weighted by molar-refractivity contribution is 8.02. The monoisotopic (exact) mass is 880 g/mol. The van der Waals surface area contributed by atoms with Gasteiger partial charge in [-0.05, 0) is 60.7 Å². The van der Waals surface area contributed by atoms with Gasteiger partial charge in [0, 0.05) is 50.5 Å². The molecule has 3 aromatic rings. The van der Waals surface area contributed by atoms with Gasteiger partial charge in [0.2, 0.25) is 20.0 Å². The van der Waals surface area contributed by atoms with Gasteiger partial charge in [0.15, 0.2) is 29.3 Å². The molecule has 14 nitrogen and oxygen atoms in total. The Morgan fingerprint density at radius 3 is 2.34 bits per heavy atom. The molecule has 0 spiro atoms. The fraction of sp³-hybridized carbons (Fsp3) is 0.486. The smallest absolute Gasteiger partial charge is 0.387 e. The third kappa shape index (κ3) is 10.7. The Morgan fingerprint density at radius 1 is 1.04 bits per heavy atom. The number of halogens is 4. The van der Waals surface area contributed by atoms with E-state index in [4.69, 9.17) is 37.4 Å². The second kappa shape index (κ2) is 18.2. The minimum atomic E-state index is -4.32. The summed E-state index contributed by atoms with van der Waals surface area (Å²) in [4.78, 5) is 15.9. The Morgan fingerprint density at radius 2 is 1.71 bits per heavy atom. The van der Waals surface area contributed by atoms with Gasteiger partial charge in [-0.1, -0.05) is 29.3 Å². The van der Waals surface area contributed by atoms with Crippen molar-refractivity contribution < 1.29 is 54.1 Å². The number of carbonyl (C=O) groups excluding carboxylic acids is 1. The largest absolute Gasteiger partial charge is 0.619 e. The van der Waals surface area contributed by atoms with Crippen molar-refractivity contribution in [3.63, 3.8) is 0 Å². The van der Waals surface area contributed by atoms with Gasteiger partial charge in [-0.3, -0.25) is 9.21 Å². The SMILES string of the molecule is CS(=O)(=O)N(CCN1CCOCC1)c1ccc(S(=O)(=O)N2CCS[C@H]2C(=O)OC(Cc2c(Cl)c[n+]([O-])cc2Cl)c2ccc(OC(F)F)c(OCC3CC3)c2)cc1. The van der Waals surface area contributed by atoms with Gasteiger partial charge in [0.25, 0.3) is 0 Å². The van der Waals surface area contributed by atoms with E-state index in [1.807, 2.05) is 0 Å². The minimum Gasteiger partial charge on any atom is -0.619 e. The quantitative estimate of drug-likeness (QED) is 0.105. The lowest BCUT2D eigenvalue weighted by atomic mass is 10.0. The second-order valence-corrected chi connectivity index (χ2v) is 19.2. The molecule has 0 bridgehead atoms. The van der Waals surface area contributed by atoms with Crippen molar-refractivity contribution in [2.45, 2.75) is 42.2 Å². The van der Waals surface area contributed by atoms with Crippen LogP contribution in [0.1, 0.15) is 30.1 Å². The predicted octanol–water partition coefficient (Wildman–Crippen LogP) is 4.71. The standard InChI is InChI=1S/C35H40Cl2F2N4O10S3/c1-55(46,47)42(11-10-40-12-15-50-16-13-40)25-5-7-26(8-6-25)56(48,49)43-14-17-54-33(43)34(44)52-31(19-27-28(36)20-41(45)21-29(27)37)24-4-9-30(53-35(38)39)32(18-24)51-22-23-2-3-23/h4-9,18,20-21,23,31,33,35H,2-3,10-17,19,22H2,1H3/t31?,33-/m0/s1. The molecule has 1 aliphatic carbocycles. The van der Waals surface area contributed by atoms with Crippen molar-refractivity contribution in [2.24, 2.45) is 5.92 Å². The average molecular weight is 882 g/mol. The Kier molecular flexibility index (Phi) is 13.8. The lowest BCUT2D eigenvalue weighted by Gasteiger charge is -2.30. The van der Waals surface area contributed by atoms with E-state index in [0.29, 0.717) is 37.6 Å². The van der Waals surface area contributed by atoms with E-state index >= 15 is 0 Å². The molecule has 1 unspecified atom stereocenters. The number of pyridine rings is 1. The lowest BCUT2D eigenvalue weighted by molar-refractivity contribution is -0.605. The number of morpholine rings is 1. The van der Waals surface area contributed by atoms with Crippen LogP contribution in [-0.2, 0) is 40.7 Å². The summed E-state index contributed by atoms with van der Waals surface area (Å²) in [5, 5.41) is 10.6. The first-order chi connectivity index (χ1) is 26.6. The Bertz CT molecular complexity index is 2070. The Labute approximate surface area is 338 Å². The van der Waals surface area contributed by atoms with Crippen LogP contribution in [0.25, 0.3) is 0 Å². The summed E-state index contributed by atoms with van der Waals surface area (Å²) < 4.78 is 105. The van der Waals surface area contributed by atoms with Crippen LogP contribution in [0.2, 0.25) is 10.0 Å². The molecule has 2 atom stereocenters. The summed E-state index contributed by atoms with van der Waals surface area (Å²) >= 11 is 13.8. The minimum absolute atomic E-state index is 0.0168. The number of rotatable bonds is 17. The molecule has 21 heteroatoms. The van der Waals surface area contributed by atoms with E-state index in [9.17, 15) is 35.6 Å². The van der Waals surface area contributed by atoms with Gasteiger partial charge in [-0.2, -0.15) is 17.8 Å². The van der Waals surface area contributed by atoms with Gasteiger partial charge < -0.3 is 24.2 Å². The van der Waals surface area contributed by atoms with Crippen LogP contribution in [0.4, 0.5) is 14.5 Å². The number of anilines is 1. The van der Waals surface area contributed by atoms with Crippen molar-refractivity contribution in [3.8, 4) is 11.5 Å². The molecule has 56 heavy (non-hydrogen) atoms. The van der Waals surface area contributed by atoms with Crippen molar-refractivity contribution in [1.82, 2.24) is 9.21 Å². The van der Waals surface area contributed by atoms with E-state index in [-0.39, 0.29) is 81.0 Å². The third-order valence-corrected chi connectivity index (χ3v) is 14.4. The molecule has 1 aromatic heterocycles. The molecule has 0 N–H and O–H groups in total. The van der Waals surface area contributed by atoms with E-state index in [1.54, 1.807) is 0 Å². The van der Waals surface area contributed by atoms with Crippen LogP contribution < -0.4 is 18.5 Å². The molecule has 3 heterocycles. The number of nitrogens with zero attached hydrogens (tertiary/aromatic N) is 4. The molecule has 0 amide bonds. The zero-order valence-electron chi connectivity index (χ0n) is 30.1. The number of aromatic nitrogens is 1. The lowest BCUT2D eigenvalue weighted by Crippen LogP contribution is -2.43. The molecule has 306 valence electrons. The zero-order valence-corrected chi connectivity index (χ0v) is 34.1. The van der Waals surface area contributed by atoms with Gasteiger partial charge >= 0.3 is 12.6 Å². The van der Waals surface area contributed by atoms with Crippen molar-refractivity contribution in [1.29, 1.82) is 0 Å². The normalized spacial score (nSPS) is 18.9. The Hall–Kier alpha value is -3.17. The molecular formula is C35H40Cl2F2N4O10S3. The summed E-state index contributed by atoms with van der Waals surface area (Å²) in [6, 6.07) is 9.44. The van der Waals surface area contributed by atoms with Gasteiger partial charge in [-0.15, -0.1) is 11.8 Å². The fourth-order valence-electron chi connectivity index (χ4n) is 6.21. The molecule has 2 aromatic carbocycles. The van der Waals surface area contributed by atoms with Crippen LogP contribution in [0, 0.1) is 11.1 Å². The molecule has 0 radical (unpaired) electrons. The summed E-state index contributed by atoms with van der Waals surface area (Å²) in [5.41, 5.74) is 0.789. The van der Waals surface area contributed by atoms with Crippen molar-refractivity contribution in [3.05, 3.63) is 81.2 Å². The van der Waals surface area contributed by atoms with Crippen LogP contribution in [0.15, 0.2) is 59.8 Å². The zero-order chi connectivity index (χ0) is 40.2. The number of thioether (sulfide) groups is 1. The third-order valence-electron chi connectivity index (χ3n) is 9.34. The number of esters is 1. The number of hydrogen-bond donors (Lipinski definition) is 0. The van der Waals surface area contributed by atoms with E-state index < -0.39 is 44.1 Å². The van der Waals surface area contributed by atoms with E-state index in [0.717, 1.165) is 47.6 Å². The molecule has 1 saturated carbocycles. The summed E-state index contributed by atoms with van der Waals surface area (Å²) in [6.07, 6.45) is 3.66. The number of sulfonamides is 2. The van der Waals surface area contributed by atoms with Gasteiger partial charge in [-0.25, -0.2) is 21.6 Å². The first-order valence-electron chi connectivity index (χ1n) is 17.6. The average Bonchev–Trinajstić information content (AvgIpc) is 3.83. The van der Waals surface area contributed by atoms with E-state index in [1.165, 1.54) is 46.8 Å². The van der Waals surface area contributed by atoms with Crippen LogP contribution in [0.5, 0.6) is 11.5 Å². The molecule has 2 aliphatic heterocycles. The predicted molar refractivity (Wildman–Crippen MR) is 205 cm³/mol. The fourth-order valence-corrected chi connectivity index (χ4v) is 10.8. The summed E-state index contributed by atoms with van der Waals surface area (Å²) in [7, 11) is -8.03. The molecule has 3 fully saturated rings. The number of hydrogen-bond acceptors (Lipinski definition) is 12. The van der Waals surface area contributed by atoms with E-state index in [2.05, 4.69) is 9.64 Å². The van der Waals surface area contributed by atoms with Gasteiger partial charge in [0.05, 0.1) is 36.7 Å². The molecule has 3 aliphatic rings. The van der Waals surface area contributed by atoms with Crippen LogP contribution in [-0.4, -0.2) is 109 Å². The first-order valence-corrected chi connectivity index (χ1v) is 22.7. The highest BCUT2D eigenvalue weighted by atomic mass is 35.5. The van der Waals surface area contributed by atoms with Crippen LogP contribution >= 0.6 is 35.0 Å². The van der Waals surface area contributed by atoms with Crippen molar-refractivity contribution in [2.75, 3.05) is 68.9 Å². The topological polar surface area (TPSA) is 159 Å². The number of alkyl halides is 2. The number of benzene rings is 2. The summed E-state index contributed by atoms with van der Waals surface area (Å²) in [5.74, 6) is -0.667. The maximum absolute atomic E-state index is 14.0. The highest BCUT2D eigenvalue weighted by Gasteiger charge is 2.42. The van der Waals surface area contributed by atoms with Gasteiger partial charge in [0.1, 0.15) is 16.1 Å². The highest BCUT2D eigenvalue weighted by Crippen LogP contribution is 2.39. The first kappa shape index (κ1) is 42.4. The molecule has 6 rings (SSSR count). The number of ether oxygens (including phenoxy) is 4. The molecular weight excluding hydrogens is 842 g/mol. The molecule has 2 saturated heterocycles. The van der Waals surface area contributed by atoms with Crippen molar-refractivity contribution >= 4 is 66.7 Å². The number of carbonyl (C=O) groups is 1. The van der Waals surface area contributed by atoms with Crippen LogP contribution in [0.3, 0.4) is 0 Å². The second-order valence-electron chi connectivity index (χ2n) is 13.4. The maximum atomic E-state index is 14.0.